The number of nitrogens with two attached hydrogens (primary N) is 2. The van der Waals surface area contributed by atoms with Gasteiger partial charge in [-0.15, -0.1) is 0 Å². The molecule has 1 amide bonds. The van der Waals surface area contributed by atoms with Gasteiger partial charge in [-0.1, -0.05) is 54.6 Å². The van der Waals surface area contributed by atoms with Crippen molar-refractivity contribution in [3.8, 4) is 28.3 Å². The monoisotopic (exact) mass is 476 g/mol. The molecule has 0 radical (unpaired) electrons. The van der Waals surface area contributed by atoms with Crippen molar-refractivity contribution in [2.24, 2.45) is 11.5 Å². The van der Waals surface area contributed by atoms with Crippen LogP contribution >= 0.6 is 15.9 Å². The van der Waals surface area contributed by atoms with Crippen LogP contribution in [0.4, 0.5) is 4.79 Å². The molecule has 4 N–H and O–H groups in total. The molecule has 0 unspecified atom stereocenters. The number of fused-ring (bicyclic) bond motifs is 1. The van der Waals surface area contributed by atoms with Crippen LogP contribution in [-0.4, -0.2) is 15.5 Å². The Morgan fingerprint density at radius 3 is 2.39 bits per heavy atom. The van der Waals surface area contributed by atoms with Gasteiger partial charge in [-0.05, 0) is 40.8 Å². The molecule has 31 heavy (non-hydrogen) atoms. The van der Waals surface area contributed by atoms with Gasteiger partial charge in [0, 0.05) is 33.4 Å². The van der Waals surface area contributed by atoms with Gasteiger partial charge in [-0.3, -0.25) is 4.40 Å². The zero-order valence-corrected chi connectivity index (χ0v) is 18.3. The average Bonchev–Trinajstić information content (AvgIpc) is 3.12. The van der Waals surface area contributed by atoms with Gasteiger partial charge in [0.1, 0.15) is 0 Å². The van der Waals surface area contributed by atoms with E-state index >= 15 is 0 Å². The Labute approximate surface area is 188 Å². The number of hydrogen-bond donors (Lipinski definition) is 2. The van der Waals surface area contributed by atoms with Crippen LogP contribution in [0.25, 0.3) is 28.2 Å². The summed E-state index contributed by atoms with van der Waals surface area (Å²) in [5.74, 6) is 0.289. The fraction of sp³-hybridized carbons (Fsp3) is 0.167. The van der Waals surface area contributed by atoms with Crippen LogP contribution in [0.5, 0.6) is 5.75 Å². The Balaban J connectivity index is 1.72. The number of primary amides is 1. The number of nitrogens with zero attached hydrogens (tertiary/aromatic N) is 2. The van der Waals surface area contributed by atoms with E-state index in [0.717, 1.165) is 45.4 Å². The van der Waals surface area contributed by atoms with Gasteiger partial charge in [0.25, 0.3) is 0 Å². The summed E-state index contributed by atoms with van der Waals surface area (Å²) in [6.45, 7) is 0. The largest absolute Gasteiger partial charge is 0.410 e. The van der Waals surface area contributed by atoms with E-state index < -0.39 is 6.09 Å². The minimum absolute atomic E-state index is 0.215. The van der Waals surface area contributed by atoms with Crippen molar-refractivity contribution in [3.63, 3.8) is 0 Å². The summed E-state index contributed by atoms with van der Waals surface area (Å²) in [5.41, 5.74) is 16.8. The SMILES string of the molecule is NC(=O)Oc1cc(Br)cn2c(-c3ccccc3)c(-c3ccc(C4(N)CCC4)cc3)nc12. The Kier molecular flexibility index (Phi) is 4.79. The van der Waals surface area contributed by atoms with Crippen LogP contribution in [0.2, 0.25) is 0 Å². The second-order valence-electron chi connectivity index (χ2n) is 7.90. The highest BCUT2D eigenvalue weighted by Gasteiger charge is 2.34. The van der Waals surface area contributed by atoms with Gasteiger partial charge in [0.2, 0.25) is 0 Å². The predicted molar refractivity (Wildman–Crippen MR) is 124 cm³/mol. The smallest absolute Gasteiger partial charge is 0.406 e. The van der Waals surface area contributed by atoms with E-state index in [1.54, 1.807) is 6.07 Å². The molecular weight excluding hydrogens is 456 g/mol. The van der Waals surface area contributed by atoms with Crippen LogP contribution in [0.3, 0.4) is 0 Å². The Bertz CT molecular complexity index is 1280. The molecule has 0 atom stereocenters. The molecule has 5 rings (SSSR count). The summed E-state index contributed by atoms with van der Waals surface area (Å²) in [6.07, 6.45) is 4.21. The van der Waals surface area contributed by atoms with Crippen molar-refractivity contribution < 1.29 is 9.53 Å². The third kappa shape index (κ3) is 3.49. The lowest BCUT2D eigenvalue weighted by Crippen LogP contribution is -2.43. The van der Waals surface area contributed by atoms with Gasteiger partial charge in [0.05, 0.1) is 11.4 Å². The maximum absolute atomic E-state index is 11.5. The number of aromatic nitrogens is 2. The molecule has 2 heterocycles. The summed E-state index contributed by atoms with van der Waals surface area (Å²) < 4.78 is 7.90. The van der Waals surface area contributed by atoms with Gasteiger partial charge >= 0.3 is 6.09 Å². The van der Waals surface area contributed by atoms with Crippen LogP contribution in [0, 0.1) is 0 Å². The predicted octanol–water partition coefficient (Wildman–Crippen LogP) is 5.23. The third-order valence-corrected chi connectivity index (χ3v) is 6.32. The molecule has 2 aromatic heterocycles. The van der Waals surface area contributed by atoms with Crippen LogP contribution in [0.15, 0.2) is 71.3 Å². The molecule has 6 nitrogen and oxygen atoms in total. The molecule has 1 aliphatic rings. The van der Waals surface area contributed by atoms with Crippen molar-refractivity contribution in [2.75, 3.05) is 0 Å². The number of carbonyl (C=O) groups excluding carboxylic acids is 1. The summed E-state index contributed by atoms with van der Waals surface area (Å²) >= 11 is 3.50. The van der Waals surface area contributed by atoms with Gasteiger partial charge < -0.3 is 16.2 Å². The Morgan fingerprint density at radius 2 is 1.77 bits per heavy atom. The van der Waals surface area contributed by atoms with Crippen molar-refractivity contribution in [1.29, 1.82) is 0 Å². The first-order chi connectivity index (χ1) is 14.9. The fourth-order valence-corrected chi connectivity index (χ4v) is 4.56. The zero-order valence-electron chi connectivity index (χ0n) is 16.7. The van der Waals surface area contributed by atoms with Crippen LogP contribution < -0.4 is 16.2 Å². The van der Waals surface area contributed by atoms with E-state index in [1.807, 2.05) is 40.9 Å². The van der Waals surface area contributed by atoms with Gasteiger partial charge in [-0.25, -0.2) is 9.78 Å². The number of amides is 1. The Morgan fingerprint density at radius 1 is 1.06 bits per heavy atom. The van der Waals surface area contributed by atoms with E-state index in [9.17, 15) is 4.79 Å². The first-order valence-corrected chi connectivity index (χ1v) is 10.9. The van der Waals surface area contributed by atoms with E-state index in [2.05, 4.69) is 40.2 Å². The lowest BCUT2D eigenvalue weighted by molar-refractivity contribution is 0.211. The molecule has 4 aromatic rings. The topological polar surface area (TPSA) is 95.6 Å². The normalized spacial score (nSPS) is 14.9. The molecule has 156 valence electrons. The average molecular weight is 477 g/mol. The number of benzene rings is 2. The molecule has 2 aromatic carbocycles. The number of pyridine rings is 1. The summed E-state index contributed by atoms with van der Waals surface area (Å²) in [6, 6.07) is 20.0. The fourth-order valence-electron chi connectivity index (χ4n) is 4.15. The standard InChI is InChI=1S/C24H21BrN4O2/c25-18-13-19(31-23(26)30)22-28-20(21(29(22)14-18)16-5-2-1-3-6-16)15-7-9-17(10-8-15)24(27)11-4-12-24/h1-3,5-10,13-14H,4,11-12,27H2,(H2,26,30). The molecule has 0 saturated heterocycles. The highest BCUT2D eigenvalue weighted by Crippen LogP contribution is 2.41. The van der Waals surface area contributed by atoms with Crippen LogP contribution in [0.1, 0.15) is 24.8 Å². The van der Waals surface area contributed by atoms with E-state index in [-0.39, 0.29) is 11.3 Å². The van der Waals surface area contributed by atoms with Gasteiger partial charge in [-0.2, -0.15) is 0 Å². The lowest BCUT2D eigenvalue weighted by atomic mass is 9.72. The molecule has 1 fully saturated rings. The zero-order chi connectivity index (χ0) is 21.6. The molecule has 1 aliphatic carbocycles. The van der Waals surface area contributed by atoms with Crippen molar-refractivity contribution in [2.45, 2.75) is 24.8 Å². The summed E-state index contributed by atoms with van der Waals surface area (Å²) in [5, 5.41) is 0. The van der Waals surface area contributed by atoms with Crippen molar-refractivity contribution >= 4 is 27.7 Å². The van der Waals surface area contributed by atoms with Crippen molar-refractivity contribution in [3.05, 3.63) is 76.9 Å². The Hall–Kier alpha value is -3.16. The molecule has 0 bridgehead atoms. The van der Waals surface area contributed by atoms with Crippen molar-refractivity contribution in [1.82, 2.24) is 9.38 Å². The van der Waals surface area contributed by atoms with E-state index in [0.29, 0.717) is 5.65 Å². The molecule has 1 saturated carbocycles. The van der Waals surface area contributed by atoms with E-state index in [4.69, 9.17) is 21.2 Å². The third-order valence-electron chi connectivity index (χ3n) is 5.89. The minimum Gasteiger partial charge on any atom is -0.406 e. The number of rotatable bonds is 4. The number of imidazole rings is 1. The number of hydrogen-bond acceptors (Lipinski definition) is 4. The maximum atomic E-state index is 11.5. The first kappa shape index (κ1) is 19.8. The molecular formula is C24H21BrN4O2. The van der Waals surface area contributed by atoms with Crippen LogP contribution in [-0.2, 0) is 5.54 Å². The lowest BCUT2D eigenvalue weighted by Gasteiger charge is -2.38. The molecule has 7 heteroatoms. The summed E-state index contributed by atoms with van der Waals surface area (Å²) in [4.78, 5) is 16.3. The first-order valence-electron chi connectivity index (χ1n) is 10.1. The molecule has 0 spiro atoms. The highest BCUT2D eigenvalue weighted by molar-refractivity contribution is 9.10. The number of carbonyl (C=O) groups is 1. The second-order valence-corrected chi connectivity index (χ2v) is 8.82. The maximum Gasteiger partial charge on any atom is 0.410 e. The minimum atomic E-state index is -0.885. The number of halogens is 1. The number of ether oxygens (including phenoxy) is 1. The molecule has 0 aliphatic heterocycles. The van der Waals surface area contributed by atoms with Gasteiger partial charge in [0.15, 0.2) is 11.4 Å². The quantitative estimate of drug-likeness (QED) is 0.421. The second kappa shape index (κ2) is 7.51. The van der Waals surface area contributed by atoms with E-state index in [1.165, 1.54) is 6.42 Å². The highest BCUT2D eigenvalue weighted by atomic mass is 79.9. The summed E-state index contributed by atoms with van der Waals surface area (Å²) in [7, 11) is 0.